The van der Waals surface area contributed by atoms with Gasteiger partial charge in [0.15, 0.2) is 0 Å². The fourth-order valence-corrected chi connectivity index (χ4v) is 1.85. The Balaban J connectivity index is 2.89. The molecule has 0 bridgehead atoms. The quantitative estimate of drug-likeness (QED) is 0.774. The van der Waals surface area contributed by atoms with Crippen molar-refractivity contribution in [1.29, 1.82) is 0 Å². The first-order chi connectivity index (χ1) is 8.95. The number of hydrogen-bond donors (Lipinski definition) is 2. The molecule has 0 spiro atoms. The number of anilines is 1. The van der Waals surface area contributed by atoms with E-state index in [-0.39, 0.29) is 0 Å². The first-order valence-corrected chi connectivity index (χ1v) is 6.27. The van der Waals surface area contributed by atoms with Crippen LogP contribution >= 0.6 is 0 Å². The van der Waals surface area contributed by atoms with Crippen molar-refractivity contribution in [2.24, 2.45) is 0 Å². The van der Waals surface area contributed by atoms with Gasteiger partial charge in [0.25, 0.3) is 0 Å². The van der Waals surface area contributed by atoms with Gasteiger partial charge in [0, 0.05) is 18.3 Å². The Morgan fingerprint density at radius 2 is 2.16 bits per heavy atom. The van der Waals surface area contributed by atoms with Crippen LogP contribution in [0.4, 0.5) is 5.69 Å². The van der Waals surface area contributed by atoms with Crippen LogP contribution in [0.3, 0.4) is 0 Å². The number of carboxylic acids is 1. The van der Waals surface area contributed by atoms with E-state index in [1.54, 1.807) is 13.2 Å². The fourth-order valence-electron chi connectivity index (χ4n) is 1.85. The van der Waals surface area contributed by atoms with Crippen molar-refractivity contribution in [3.8, 4) is 5.75 Å². The lowest BCUT2D eigenvalue weighted by Gasteiger charge is -2.16. The third-order valence-electron chi connectivity index (χ3n) is 2.87. The second-order valence-electron chi connectivity index (χ2n) is 4.69. The summed E-state index contributed by atoms with van der Waals surface area (Å²) < 4.78 is 5.38. The Bertz CT molecular complexity index is 479. The lowest BCUT2D eigenvalue weighted by atomic mass is 9.99. The second-order valence-corrected chi connectivity index (χ2v) is 4.69. The van der Waals surface area contributed by atoms with E-state index in [1.165, 1.54) is 0 Å². The number of carbonyl (C=O) groups is 1. The van der Waals surface area contributed by atoms with Gasteiger partial charge in [0.05, 0.1) is 7.11 Å². The van der Waals surface area contributed by atoms with Gasteiger partial charge in [0.1, 0.15) is 5.75 Å². The molecule has 0 radical (unpaired) electrons. The number of carboxylic acid groups (broad SMARTS) is 1. The molecule has 0 fully saturated rings. The molecule has 0 aromatic heterocycles. The van der Waals surface area contributed by atoms with Crippen LogP contribution in [-0.2, 0) is 4.79 Å². The summed E-state index contributed by atoms with van der Waals surface area (Å²) in [4.78, 5) is 10.4. The van der Waals surface area contributed by atoms with Gasteiger partial charge in [-0.2, -0.15) is 0 Å². The molecule has 0 aliphatic heterocycles. The summed E-state index contributed by atoms with van der Waals surface area (Å²) in [5, 5.41) is 11.7. The molecule has 1 aromatic rings. The summed E-state index contributed by atoms with van der Waals surface area (Å²) in [6.07, 6.45) is 2.72. The van der Waals surface area contributed by atoms with E-state index in [2.05, 4.69) is 25.2 Å². The van der Waals surface area contributed by atoms with Crippen molar-refractivity contribution >= 4 is 11.7 Å². The summed E-state index contributed by atoms with van der Waals surface area (Å²) in [6.45, 7) is 6.70. The second kappa shape index (κ2) is 6.83. The van der Waals surface area contributed by atoms with Crippen LogP contribution < -0.4 is 10.1 Å². The number of nitrogens with one attached hydrogen (secondary N) is 1. The van der Waals surface area contributed by atoms with Crippen molar-refractivity contribution in [3.63, 3.8) is 0 Å². The average Bonchev–Trinajstić information content (AvgIpc) is 2.34. The zero-order valence-corrected chi connectivity index (χ0v) is 11.9. The van der Waals surface area contributed by atoms with E-state index in [1.807, 2.05) is 13.0 Å². The molecular formula is C15H21NO3. The molecule has 0 unspecified atom stereocenters. The van der Waals surface area contributed by atoms with Gasteiger partial charge < -0.3 is 15.2 Å². The van der Waals surface area contributed by atoms with Gasteiger partial charge >= 0.3 is 5.97 Å². The summed E-state index contributed by atoms with van der Waals surface area (Å²) in [5.74, 6) is 0.320. The molecule has 0 saturated heterocycles. The predicted octanol–water partition coefficient (Wildman–Crippen LogP) is 3.18. The van der Waals surface area contributed by atoms with Crippen molar-refractivity contribution in [2.75, 3.05) is 19.0 Å². The number of ether oxygens (including phenoxy) is 1. The Morgan fingerprint density at radius 1 is 1.47 bits per heavy atom. The van der Waals surface area contributed by atoms with Crippen molar-refractivity contribution in [2.45, 2.75) is 26.7 Å². The van der Waals surface area contributed by atoms with Gasteiger partial charge in [-0.25, -0.2) is 4.79 Å². The van der Waals surface area contributed by atoms with Crippen molar-refractivity contribution < 1.29 is 14.6 Å². The maximum atomic E-state index is 10.4. The Morgan fingerprint density at radius 3 is 2.68 bits per heavy atom. The topological polar surface area (TPSA) is 58.6 Å². The molecule has 4 heteroatoms. The number of aliphatic carboxylic acids is 1. The molecule has 19 heavy (non-hydrogen) atoms. The molecule has 0 heterocycles. The van der Waals surface area contributed by atoms with Crippen LogP contribution in [0.2, 0.25) is 0 Å². The Hall–Kier alpha value is -1.97. The first-order valence-electron chi connectivity index (χ1n) is 6.27. The largest absolute Gasteiger partial charge is 0.496 e. The van der Waals surface area contributed by atoms with E-state index >= 15 is 0 Å². The Kier molecular flexibility index (Phi) is 5.42. The van der Waals surface area contributed by atoms with Crippen LogP contribution in [0.25, 0.3) is 0 Å². The molecule has 2 N–H and O–H groups in total. The summed E-state index contributed by atoms with van der Waals surface area (Å²) in [7, 11) is 1.67. The zero-order valence-electron chi connectivity index (χ0n) is 11.9. The number of methoxy groups -OCH3 is 1. The molecule has 0 amide bonds. The fraction of sp³-hybridized carbons (Fsp3) is 0.400. The van der Waals surface area contributed by atoms with Crippen LogP contribution in [0, 0.1) is 6.92 Å². The highest BCUT2D eigenvalue weighted by Crippen LogP contribution is 2.31. The van der Waals surface area contributed by atoms with E-state index in [9.17, 15) is 4.79 Å². The molecular weight excluding hydrogens is 242 g/mol. The molecule has 0 aliphatic carbocycles. The number of rotatable bonds is 6. The zero-order chi connectivity index (χ0) is 14.4. The van der Waals surface area contributed by atoms with Crippen molar-refractivity contribution in [1.82, 2.24) is 0 Å². The standard InChI is InChI=1S/C15H21NO3/c1-10(2)12-9-13(11(3)8-14(12)19-4)16-7-5-6-15(17)18/h5-6,8-10,16H,7H2,1-4H3,(H,17,18)/b6-5+. The van der Waals surface area contributed by atoms with Crippen molar-refractivity contribution in [3.05, 3.63) is 35.4 Å². The summed E-state index contributed by atoms with van der Waals surface area (Å²) >= 11 is 0. The number of hydrogen-bond acceptors (Lipinski definition) is 3. The summed E-state index contributed by atoms with van der Waals surface area (Å²) in [5.41, 5.74) is 3.21. The first kappa shape index (κ1) is 15.1. The third kappa shape index (κ3) is 4.32. The molecule has 0 saturated carbocycles. The molecule has 1 rings (SSSR count). The van der Waals surface area contributed by atoms with Crippen LogP contribution in [0.1, 0.15) is 30.9 Å². The summed E-state index contributed by atoms with van der Waals surface area (Å²) in [6, 6.07) is 4.06. The van der Waals surface area contributed by atoms with Gasteiger partial charge in [-0.3, -0.25) is 0 Å². The lowest BCUT2D eigenvalue weighted by Crippen LogP contribution is -2.04. The van der Waals surface area contributed by atoms with Crippen LogP contribution in [0.15, 0.2) is 24.3 Å². The molecule has 4 nitrogen and oxygen atoms in total. The van der Waals surface area contributed by atoms with E-state index in [0.29, 0.717) is 12.5 Å². The molecule has 0 aliphatic rings. The molecule has 1 aromatic carbocycles. The van der Waals surface area contributed by atoms with Crippen LogP contribution in [0.5, 0.6) is 5.75 Å². The van der Waals surface area contributed by atoms with E-state index in [4.69, 9.17) is 9.84 Å². The van der Waals surface area contributed by atoms with Gasteiger partial charge in [-0.15, -0.1) is 0 Å². The van der Waals surface area contributed by atoms with E-state index in [0.717, 1.165) is 28.6 Å². The van der Waals surface area contributed by atoms with E-state index < -0.39 is 5.97 Å². The minimum absolute atomic E-state index is 0.366. The Labute approximate surface area is 114 Å². The third-order valence-corrected chi connectivity index (χ3v) is 2.87. The number of benzene rings is 1. The van der Waals surface area contributed by atoms with Gasteiger partial charge in [0.2, 0.25) is 0 Å². The highest BCUT2D eigenvalue weighted by Gasteiger charge is 2.10. The minimum atomic E-state index is -0.934. The van der Waals surface area contributed by atoms with Gasteiger partial charge in [-0.05, 0) is 36.1 Å². The van der Waals surface area contributed by atoms with Crippen LogP contribution in [-0.4, -0.2) is 24.7 Å². The molecule has 104 valence electrons. The predicted molar refractivity (Wildman–Crippen MR) is 77.1 cm³/mol. The minimum Gasteiger partial charge on any atom is -0.496 e. The molecule has 0 atom stereocenters. The highest BCUT2D eigenvalue weighted by molar-refractivity contribution is 5.79. The smallest absolute Gasteiger partial charge is 0.328 e. The highest BCUT2D eigenvalue weighted by atomic mass is 16.5. The lowest BCUT2D eigenvalue weighted by molar-refractivity contribution is -0.131. The van der Waals surface area contributed by atoms with Gasteiger partial charge in [-0.1, -0.05) is 19.9 Å². The normalized spacial score (nSPS) is 11.0. The monoisotopic (exact) mass is 263 g/mol. The maximum absolute atomic E-state index is 10.4. The maximum Gasteiger partial charge on any atom is 0.328 e. The number of aryl methyl sites for hydroxylation is 1. The average molecular weight is 263 g/mol. The SMILES string of the molecule is COc1cc(C)c(NC/C=C/C(=O)O)cc1C(C)C.